The summed E-state index contributed by atoms with van der Waals surface area (Å²) in [6.45, 7) is 3.35. The summed E-state index contributed by atoms with van der Waals surface area (Å²) in [5.41, 5.74) is 7.50. The molecule has 2 amide bonds. The maximum Gasteiger partial charge on any atom is 0.255 e. The number of aromatic nitrogens is 1. The Morgan fingerprint density at radius 2 is 1.77 bits per heavy atom. The van der Waals surface area contributed by atoms with Gasteiger partial charge in [0.25, 0.3) is 11.8 Å². The van der Waals surface area contributed by atoms with Crippen molar-refractivity contribution in [2.75, 3.05) is 26.1 Å². The van der Waals surface area contributed by atoms with Crippen LogP contribution in [0.15, 0.2) is 40.8 Å². The van der Waals surface area contributed by atoms with Crippen LogP contribution in [-0.4, -0.2) is 37.6 Å². The number of rotatable bonds is 8. The van der Waals surface area contributed by atoms with Crippen molar-refractivity contribution in [2.45, 2.75) is 13.8 Å². The van der Waals surface area contributed by atoms with Crippen LogP contribution in [0.5, 0.6) is 17.2 Å². The van der Waals surface area contributed by atoms with Gasteiger partial charge in [-0.1, -0.05) is 6.07 Å². The Kier molecular flexibility index (Phi) is 6.44. The summed E-state index contributed by atoms with van der Waals surface area (Å²) in [7, 11) is 2.83. The molecule has 31 heavy (non-hydrogen) atoms. The maximum absolute atomic E-state index is 12.9. The second-order valence-corrected chi connectivity index (χ2v) is 6.66. The number of hydrogen-bond donors (Lipinski definition) is 2. The summed E-state index contributed by atoms with van der Waals surface area (Å²) in [5, 5.41) is 2.83. The minimum Gasteiger partial charge on any atom is -0.493 e. The molecule has 0 aliphatic heterocycles. The van der Waals surface area contributed by atoms with Crippen LogP contribution < -0.4 is 25.3 Å². The van der Waals surface area contributed by atoms with Crippen molar-refractivity contribution in [3.63, 3.8) is 0 Å². The van der Waals surface area contributed by atoms with E-state index in [0.717, 1.165) is 17.0 Å². The van der Waals surface area contributed by atoms with E-state index in [-0.39, 0.29) is 29.4 Å². The SMILES string of the molecule is COc1cc(C(=O)Nc2cccc(-c3nc(C)c(C)o3)c2)cc(OC)c1OCC(N)=O. The van der Waals surface area contributed by atoms with Gasteiger partial charge in [-0.05, 0) is 44.2 Å². The first kappa shape index (κ1) is 21.7. The van der Waals surface area contributed by atoms with E-state index in [2.05, 4.69) is 10.3 Å². The number of aryl methyl sites for hydroxylation is 2. The molecule has 162 valence electrons. The van der Waals surface area contributed by atoms with E-state index < -0.39 is 11.8 Å². The van der Waals surface area contributed by atoms with Crippen molar-refractivity contribution in [3.8, 4) is 28.7 Å². The van der Waals surface area contributed by atoms with Gasteiger partial charge in [0.05, 0.1) is 19.9 Å². The predicted octanol–water partition coefficient (Wildman–Crippen LogP) is 3.09. The van der Waals surface area contributed by atoms with Crippen LogP contribution in [0.25, 0.3) is 11.5 Å². The van der Waals surface area contributed by atoms with Crippen LogP contribution in [0, 0.1) is 13.8 Å². The van der Waals surface area contributed by atoms with E-state index in [1.165, 1.54) is 26.4 Å². The molecule has 3 N–H and O–H groups in total. The molecule has 0 atom stereocenters. The van der Waals surface area contributed by atoms with E-state index >= 15 is 0 Å². The van der Waals surface area contributed by atoms with Crippen LogP contribution in [0.2, 0.25) is 0 Å². The largest absolute Gasteiger partial charge is 0.493 e. The van der Waals surface area contributed by atoms with Crippen molar-refractivity contribution < 1.29 is 28.2 Å². The second-order valence-electron chi connectivity index (χ2n) is 6.66. The van der Waals surface area contributed by atoms with E-state index in [1.807, 2.05) is 19.9 Å². The van der Waals surface area contributed by atoms with Crippen LogP contribution in [0.1, 0.15) is 21.8 Å². The zero-order valence-corrected chi connectivity index (χ0v) is 17.6. The van der Waals surface area contributed by atoms with Crippen molar-refractivity contribution in [3.05, 3.63) is 53.4 Å². The highest BCUT2D eigenvalue weighted by molar-refractivity contribution is 6.05. The summed E-state index contributed by atoms with van der Waals surface area (Å²) in [6, 6.07) is 10.1. The Bertz CT molecular complexity index is 1080. The van der Waals surface area contributed by atoms with E-state index in [1.54, 1.807) is 18.2 Å². The van der Waals surface area contributed by atoms with Crippen molar-refractivity contribution in [1.82, 2.24) is 4.98 Å². The highest BCUT2D eigenvalue weighted by Gasteiger charge is 2.19. The number of nitrogens with two attached hydrogens (primary N) is 1. The van der Waals surface area contributed by atoms with Crippen molar-refractivity contribution in [1.29, 1.82) is 0 Å². The standard InChI is InChI=1S/C22H23N3O6/c1-12-13(2)31-22(24-12)14-6-5-7-16(8-14)25-21(27)15-9-17(28-3)20(18(10-15)29-4)30-11-19(23)26/h5-10H,11H2,1-4H3,(H2,23,26)(H,25,27). The average molecular weight is 425 g/mol. The fourth-order valence-electron chi connectivity index (χ4n) is 2.83. The molecule has 3 aromatic rings. The number of nitrogens with one attached hydrogen (secondary N) is 1. The minimum atomic E-state index is -0.651. The Balaban J connectivity index is 1.86. The number of hydrogen-bond acceptors (Lipinski definition) is 7. The number of oxazole rings is 1. The number of nitrogens with zero attached hydrogens (tertiary/aromatic N) is 1. The summed E-state index contributed by atoms with van der Waals surface area (Å²) in [4.78, 5) is 28.3. The zero-order chi connectivity index (χ0) is 22.5. The van der Waals surface area contributed by atoms with Gasteiger partial charge in [-0.3, -0.25) is 9.59 Å². The highest BCUT2D eigenvalue weighted by atomic mass is 16.5. The minimum absolute atomic E-state index is 0.178. The number of ether oxygens (including phenoxy) is 3. The number of primary amides is 1. The van der Waals surface area contributed by atoms with Crippen molar-refractivity contribution >= 4 is 17.5 Å². The van der Waals surface area contributed by atoms with Gasteiger partial charge in [0.15, 0.2) is 18.1 Å². The summed E-state index contributed by atoms with van der Waals surface area (Å²) >= 11 is 0. The van der Waals surface area contributed by atoms with E-state index in [9.17, 15) is 9.59 Å². The molecule has 1 heterocycles. The molecule has 0 aliphatic rings. The molecule has 0 bridgehead atoms. The Morgan fingerprint density at radius 1 is 1.10 bits per heavy atom. The lowest BCUT2D eigenvalue weighted by Gasteiger charge is -2.15. The quantitative estimate of drug-likeness (QED) is 0.568. The molecular weight excluding hydrogens is 402 g/mol. The number of methoxy groups -OCH3 is 2. The lowest BCUT2D eigenvalue weighted by Crippen LogP contribution is -2.20. The van der Waals surface area contributed by atoms with Crippen LogP contribution in [-0.2, 0) is 4.79 Å². The average Bonchev–Trinajstić information content (AvgIpc) is 3.10. The summed E-state index contributed by atoms with van der Waals surface area (Å²) in [6.07, 6.45) is 0. The van der Waals surface area contributed by atoms with Gasteiger partial charge in [0.1, 0.15) is 5.76 Å². The van der Waals surface area contributed by atoms with Gasteiger partial charge in [-0.25, -0.2) is 4.98 Å². The van der Waals surface area contributed by atoms with Gasteiger partial charge in [-0.15, -0.1) is 0 Å². The molecule has 0 fully saturated rings. The molecule has 9 nitrogen and oxygen atoms in total. The molecular formula is C22H23N3O6. The summed E-state index contributed by atoms with van der Waals surface area (Å²) < 4.78 is 21.6. The molecule has 0 unspecified atom stereocenters. The lowest BCUT2D eigenvalue weighted by atomic mass is 10.1. The predicted molar refractivity (Wildman–Crippen MR) is 114 cm³/mol. The van der Waals surface area contributed by atoms with Gasteiger partial charge >= 0.3 is 0 Å². The van der Waals surface area contributed by atoms with Gasteiger partial charge in [-0.2, -0.15) is 0 Å². The number of benzene rings is 2. The van der Waals surface area contributed by atoms with Crippen LogP contribution in [0.4, 0.5) is 5.69 Å². The normalized spacial score (nSPS) is 10.5. The van der Waals surface area contributed by atoms with Crippen LogP contribution >= 0.6 is 0 Å². The smallest absolute Gasteiger partial charge is 0.255 e. The Hall–Kier alpha value is -4.01. The third-order valence-electron chi connectivity index (χ3n) is 4.48. The van der Waals surface area contributed by atoms with Gasteiger partial charge in [0, 0.05) is 16.8 Å². The molecule has 0 spiro atoms. The monoisotopic (exact) mass is 425 g/mol. The number of anilines is 1. The third kappa shape index (κ3) is 4.95. The van der Waals surface area contributed by atoms with Gasteiger partial charge < -0.3 is 29.7 Å². The molecule has 0 saturated heterocycles. The lowest BCUT2D eigenvalue weighted by molar-refractivity contribution is -0.120. The zero-order valence-electron chi connectivity index (χ0n) is 17.6. The number of carbonyl (C=O) groups excluding carboxylic acids is 2. The molecule has 1 aromatic heterocycles. The maximum atomic E-state index is 12.9. The highest BCUT2D eigenvalue weighted by Crippen LogP contribution is 2.38. The first-order chi connectivity index (χ1) is 14.8. The number of carbonyl (C=O) groups is 2. The topological polar surface area (TPSA) is 126 Å². The van der Waals surface area contributed by atoms with Gasteiger partial charge in [0.2, 0.25) is 11.6 Å². The first-order valence-corrected chi connectivity index (χ1v) is 9.35. The first-order valence-electron chi connectivity index (χ1n) is 9.35. The fourth-order valence-corrected chi connectivity index (χ4v) is 2.83. The molecule has 9 heteroatoms. The molecule has 3 rings (SSSR count). The molecule has 0 saturated carbocycles. The van der Waals surface area contributed by atoms with E-state index in [0.29, 0.717) is 11.6 Å². The van der Waals surface area contributed by atoms with Crippen LogP contribution in [0.3, 0.4) is 0 Å². The Labute approximate surface area is 179 Å². The Morgan fingerprint density at radius 3 is 2.32 bits per heavy atom. The van der Waals surface area contributed by atoms with E-state index in [4.69, 9.17) is 24.4 Å². The molecule has 2 aromatic carbocycles. The summed E-state index contributed by atoms with van der Waals surface area (Å²) in [5.74, 6) is 0.803. The van der Waals surface area contributed by atoms with Crippen molar-refractivity contribution in [2.24, 2.45) is 5.73 Å². The second kappa shape index (κ2) is 9.21. The molecule has 0 aliphatic carbocycles. The number of amides is 2. The fraction of sp³-hybridized carbons (Fsp3) is 0.227. The third-order valence-corrected chi connectivity index (χ3v) is 4.48. The molecule has 0 radical (unpaired) electrons.